The van der Waals surface area contributed by atoms with Crippen LogP contribution in [0.2, 0.25) is 0 Å². The highest BCUT2D eigenvalue weighted by Gasteiger charge is 2.25. The molecular formula is C16H21N3O3. The molecule has 6 heteroatoms. The minimum atomic E-state index is -0.115. The van der Waals surface area contributed by atoms with Crippen molar-refractivity contribution in [1.82, 2.24) is 14.5 Å². The van der Waals surface area contributed by atoms with Crippen molar-refractivity contribution in [2.75, 3.05) is 26.8 Å². The lowest BCUT2D eigenvalue weighted by molar-refractivity contribution is 0.0614. The second kappa shape index (κ2) is 5.96. The average Bonchev–Trinajstić information content (AvgIpc) is 3.01. The number of nitrogens with zero attached hydrogens (tertiary/aromatic N) is 2. The van der Waals surface area contributed by atoms with E-state index in [1.807, 2.05) is 4.90 Å². The number of aromatic amines is 1. The standard InChI is InChI=1S/C16H21N3O3/c1-18-9-13(12-3-6-17-14(12)16(18)21)15(20)19-7-4-11(5-8-19)10-22-2/h3,6,9,11,17H,4-5,7-8,10H2,1-2H3. The first kappa shape index (κ1) is 14.8. The number of piperidine rings is 1. The third-order valence-electron chi connectivity index (χ3n) is 4.43. The zero-order chi connectivity index (χ0) is 15.7. The molecule has 1 N–H and O–H groups in total. The molecular weight excluding hydrogens is 282 g/mol. The molecule has 118 valence electrons. The van der Waals surface area contributed by atoms with Crippen LogP contribution < -0.4 is 5.56 Å². The van der Waals surface area contributed by atoms with E-state index in [4.69, 9.17) is 4.74 Å². The van der Waals surface area contributed by atoms with Crippen molar-refractivity contribution in [2.24, 2.45) is 13.0 Å². The van der Waals surface area contributed by atoms with Gasteiger partial charge in [0.1, 0.15) is 5.52 Å². The lowest BCUT2D eigenvalue weighted by Gasteiger charge is -2.31. The van der Waals surface area contributed by atoms with Gasteiger partial charge in [0.05, 0.1) is 5.56 Å². The number of nitrogens with one attached hydrogen (secondary N) is 1. The Bertz CT molecular complexity index is 739. The summed E-state index contributed by atoms with van der Waals surface area (Å²) in [5, 5.41) is 0.701. The van der Waals surface area contributed by atoms with E-state index in [-0.39, 0.29) is 11.5 Å². The zero-order valence-electron chi connectivity index (χ0n) is 13.0. The van der Waals surface area contributed by atoms with E-state index < -0.39 is 0 Å². The van der Waals surface area contributed by atoms with Crippen molar-refractivity contribution in [2.45, 2.75) is 12.8 Å². The third kappa shape index (κ3) is 2.54. The first-order valence-electron chi connectivity index (χ1n) is 7.56. The van der Waals surface area contributed by atoms with Crippen LogP contribution >= 0.6 is 0 Å². The lowest BCUT2D eigenvalue weighted by atomic mass is 9.97. The molecule has 1 saturated heterocycles. The molecule has 22 heavy (non-hydrogen) atoms. The summed E-state index contributed by atoms with van der Waals surface area (Å²) in [7, 11) is 3.38. The third-order valence-corrected chi connectivity index (χ3v) is 4.43. The van der Waals surface area contributed by atoms with Gasteiger partial charge in [0.25, 0.3) is 11.5 Å². The predicted octanol–water partition coefficient (Wildman–Crippen LogP) is 1.37. The van der Waals surface area contributed by atoms with Gasteiger partial charge in [0, 0.05) is 51.6 Å². The Kier molecular flexibility index (Phi) is 4.02. The first-order chi connectivity index (χ1) is 10.6. The number of carbonyl (C=O) groups excluding carboxylic acids is 1. The van der Waals surface area contributed by atoms with Crippen LogP contribution in [0.5, 0.6) is 0 Å². The summed E-state index contributed by atoms with van der Waals surface area (Å²) in [6, 6.07) is 1.79. The van der Waals surface area contributed by atoms with Crippen LogP contribution in [-0.2, 0) is 11.8 Å². The first-order valence-corrected chi connectivity index (χ1v) is 7.56. The van der Waals surface area contributed by atoms with E-state index in [0.29, 0.717) is 22.4 Å². The number of hydrogen-bond donors (Lipinski definition) is 1. The number of pyridine rings is 1. The molecule has 3 rings (SSSR count). The van der Waals surface area contributed by atoms with E-state index in [2.05, 4.69) is 4.98 Å². The Morgan fingerprint density at radius 3 is 2.82 bits per heavy atom. The largest absolute Gasteiger partial charge is 0.384 e. The number of amides is 1. The van der Waals surface area contributed by atoms with Crippen molar-refractivity contribution in [1.29, 1.82) is 0 Å². The van der Waals surface area contributed by atoms with Gasteiger partial charge >= 0.3 is 0 Å². The Morgan fingerprint density at radius 2 is 2.14 bits per heavy atom. The molecule has 0 bridgehead atoms. The number of likely N-dealkylation sites (tertiary alicyclic amines) is 1. The fourth-order valence-electron chi connectivity index (χ4n) is 3.15. The quantitative estimate of drug-likeness (QED) is 0.931. The van der Waals surface area contributed by atoms with E-state index >= 15 is 0 Å². The molecule has 2 aromatic rings. The summed E-state index contributed by atoms with van der Waals surface area (Å²) in [5.41, 5.74) is 0.960. The molecule has 0 aliphatic carbocycles. The smallest absolute Gasteiger partial charge is 0.274 e. The van der Waals surface area contributed by atoms with Crippen LogP contribution in [-0.4, -0.2) is 47.2 Å². The van der Waals surface area contributed by atoms with E-state index in [0.717, 1.165) is 32.5 Å². The number of H-pyrrole nitrogens is 1. The van der Waals surface area contributed by atoms with Crippen LogP contribution in [0.15, 0.2) is 23.3 Å². The minimum absolute atomic E-state index is 0.00364. The van der Waals surface area contributed by atoms with E-state index in [9.17, 15) is 9.59 Å². The fraction of sp³-hybridized carbons (Fsp3) is 0.500. The molecule has 1 amide bonds. The molecule has 0 atom stereocenters. The number of carbonyl (C=O) groups is 1. The highest BCUT2D eigenvalue weighted by Crippen LogP contribution is 2.21. The summed E-state index contributed by atoms with van der Waals surface area (Å²) >= 11 is 0. The zero-order valence-corrected chi connectivity index (χ0v) is 13.0. The second-order valence-electron chi connectivity index (χ2n) is 5.92. The highest BCUT2D eigenvalue weighted by atomic mass is 16.5. The molecule has 0 unspecified atom stereocenters. The topological polar surface area (TPSA) is 67.3 Å². The molecule has 0 spiro atoms. The molecule has 1 aliphatic rings. The number of methoxy groups -OCH3 is 1. The van der Waals surface area contributed by atoms with Crippen molar-refractivity contribution in [3.63, 3.8) is 0 Å². The molecule has 0 aromatic carbocycles. The SMILES string of the molecule is COCC1CCN(C(=O)c2cn(C)c(=O)c3[nH]ccc23)CC1. The number of hydrogen-bond acceptors (Lipinski definition) is 3. The van der Waals surface area contributed by atoms with E-state index in [1.54, 1.807) is 32.6 Å². The van der Waals surface area contributed by atoms with Gasteiger partial charge < -0.3 is 19.2 Å². The Morgan fingerprint density at radius 1 is 1.41 bits per heavy atom. The number of aromatic nitrogens is 2. The predicted molar refractivity (Wildman–Crippen MR) is 84.0 cm³/mol. The van der Waals surface area contributed by atoms with Crippen molar-refractivity contribution in [3.8, 4) is 0 Å². The monoisotopic (exact) mass is 303 g/mol. The normalized spacial score (nSPS) is 16.4. The molecule has 1 fully saturated rings. The van der Waals surface area contributed by atoms with Gasteiger partial charge in [0.2, 0.25) is 0 Å². The average molecular weight is 303 g/mol. The fourth-order valence-corrected chi connectivity index (χ4v) is 3.15. The maximum Gasteiger partial charge on any atom is 0.274 e. The van der Waals surface area contributed by atoms with Crippen molar-refractivity contribution >= 4 is 16.8 Å². The minimum Gasteiger partial charge on any atom is -0.384 e. The van der Waals surface area contributed by atoms with Gasteiger partial charge in [0.15, 0.2) is 0 Å². The Hall–Kier alpha value is -2.08. The number of ether oxygens (including phenoxy) is 1. The molecule has 2 aromatic heterocycles. The summed E-state index contributed by atoms with van der Waals surface area (Å²) in [6.07, 6.45) is 5.26. The number of rotatable bonds is 3. The molecule has 6 nitrogen and oxygen atoms in total. The molecule has 3 heterocycles. The number of aryl methyl sites for hydroxylation is 1. The maximum absolute atomic E-state index is 12.8. The Balaban J connectivity index is 1.86. The van der Waals surface area contributed by atoms with Gasteiger partial charge in [-0.15, -0.1) is 0 Å². The molecule has 1 aliphatic heterocycles. The summed E-state index contributed by atoms with van der Waals surface area (Å²) in [4.78, 5) is 29.7. The van der Waals surface area contributed by atoms with Gasteiger partial charge in [-0.2, -0.15) is 0 Å². The van der Waals surface area contributed by atoms with Crippen LogP contribution in [0.25, 0.3) is 10.9 Å². The highest BCUT2D eigenvalue weighted by molar-refractivity contribution is 6.05. The van der Waals surface area contributed by atoms with Crippen molar-refractivity contribution in [3.05, 3.63) is 34.4 Å². The van der Waals surface area contributed by atoms with Gasteiger partial charge in [-0.3, -0.25) is 9.59 Å². The second-order valence-corrected chi connectivity index (χ2v) is 5.92. The van der Waals surface area contributed by atoms with Gasteiger partial charge in [-0.05, 0) is 24.8 Å². The van der Waals surface area contributed by atoms with Crippen LogP contribution in [0, 0.1) is 5.92 Å². The van der Waals surface area contributed by atoms with Crippen molar-refractivity contribution < 1.29 is 9.53 Å². The summed E-state index contributed by atoms with van der Waals surface area (Å²) < 4.78 is 6.65. The van der Waals surface area contributed by atoms with Crippen LogP contribution in [0.3, 0.4) is 0 Å². The summed E-state index contributed by atoms with van der Waals surface area (Å²) in [5.74, 6) is 0.525. The van der Waals surface area contributed by atoms with Crippen LogP contribution in [0.4, 0.5) is 0 Å². The Labute approximate surface area is 128 Å². The number of fused-ring (bicyclic) bond motifs is 1. The lowest BCUT2D eigenvalue weighted by Crippen LogP contribution is -2.39. The van der Waals surface area contributed by atoms with E-state index in [1.165, 1.54) is 4.57 Å². The summed E-state index contributed by atoms with van der Waals surface area (Å²) in [6.45, 7) is 2.23. The molecule has 0 saturated carbocycles. The van der Waals surface area contributed by atoms with Gasteiger partial charge in [-0.25, -0.2) is 0 Å². The van der Waals surface area contributed by atoms with Gasteiger partial charge in [-0.1, -0.05) is 0 Å². The maximum atomic E-state index is 12.8. The van der Waals surface area contributed by atoms with Crippen LogP contribution in [0.1, 0.15) is 23.2 Å². The molecule has 0 radical (unpaired) electrons.